The Morgan fingerprint density at radius 3 is 2.74 bits per heavy atom. The lowest BCUT2D eigenvalue weighted by molar-refractivity contribution is 0.0942. The molecule has 162 valence electrons. The van der Waals surface area contributed by atoms with E-state index in [-0.39, 0.29) is 11.2 Å². The second-order valence-electron chi connectivity index (χ2n) is 8.79. The van der Waals surface area contributed by atoms with E-state index in [2.05, 4.69) is 27.2 Å². The maximum absolute atomic E-state index is 12.6. The Bertz CT molecular complexity index is 1190. The first kappa shape index (κ1) is 19.8. The molecule has 0 saturated heterocycles. The number of hydrogen-bond acceptors (Lipinski definition) is 5. The van der Waals surface area contributed by atoms with E-state index in [1.807, 2.05) is 12.3 Å². The summed E-state index contributed by atoms with van der Waals surface area (Å²) in [5.41, 5.74) is 1.01. The third-order valence-corrected chi connectivity index (χ3v) is 6.72. The minimum absolute atomic E-state index is 0.251. The van der Waals surface area contributed by atoms with E-state index in [9.17, 15) is 14.7 Å². The van der Waals surface area contributed by atoms with Gasteiger partial charge in [0.15, 0.2) is 11.4 Å². The topological polar surface area (TPSA) is 102 Å². The Hall–Kier alpha value is -3.16. The molecule has 2 N–H and O–H groups in total. The highest BCUT2D eigenvalue weighted by molar-refractivity contribution is 5.92. The standard InChI is InChI=1S/C23H27N5O3/c29-18-14-27-15-23(9-3-4-10-23)28-13-16(17-8-6-12-24-21(17)28)7-2-1-5-11-25-22(31)19(26-27)20(18)30/h6,8,12-14,29H,1-5,7,9-11,15H2,(H,25,31). The molecule has 4 bridgehead atoms. The zero-order valence-corrected chi connectivity index (χ0v) is 17.5. The molecule has 8 heteroatoms. The van der Waals surface area contributed by atoms with E-state index in [0.717, 1.165) is 57.0 Å². The number of nitrogens with zero attached hydrogens (tertiary/aromatic N) is 4. The summed E-state index contributed by atoms with van der Waals surface area (Å²) >= 11 is 0. The fraction of sp³-hybridized carbons (Fsp3) is 0.478. The van der Waals surface area contributed by atoms with Crippen LogP contribution < -0.4 is 10.7 Å². The van der Waals surface area contributed by atoms with Gasteiger partial charge in [-0.1, -0.05) is 19.3 Å². The van der Waals surface area contributed by atoms with Crippen LogP contribution in [0, 0.1) is 0 Å². The third-order valence-electron chi connectivity index (χ3n) is 6.72. The van der Waals surface area contributed by atoms with Crippen molar-refractivity contribution >= 4 is 16.9 Å². The molecule has 3 aromatic heterocycles. The van der Waals surface area contributed by atoms with Crippen molar-refractivity contribution in [2.45, 2.75) is 63.5 Å². The van der Waals surface area contributed by atoms with Crippen molar-refractivity contribution in [3.63, 3.8) is 0 Å². The second kappa shape index (κ2) is 7.83. The van der Waals surface area contributed by atoms with Crippen molar-refractivity contribution in [3.05, 3.63) is 52.2 Å². The van der Waals surface area contributed by atoms with Gasteiger partial charge in [-0.15, -0.1) is 0 Å². The maximum Gasteiger partial charge on any atom is 0.275 e. The number of carbonyl (C=O) groups excluding carboxylic acids is 1. The molecule has 1 saturated carbocycles. The number of pyridine rings is 1. The van der Waals surface area contributed by atoms with Gasteiger partial charge in [-0.25, -0.2) is 4.98 Å². The molecule has 4 heterocycles. The van der Waals surface area contributed by atoms with Crippen LogP contribution >= 0.6 is 0 Å². The Morgan fingerprint density at radius 1 is 1.06 bits per heavy atom. The molecular weight excluding hydrogens is 394 g/mol. The molecule has 0 aromatic carbocycles. The summed E-state index contributed by atoms with van der Waals surface area (Å²) in [4.78, 5) is 29.7. The summed E-state index contributed by atoms with van der Waals surface area (Å²) < 4.78 is 3.85. The van der Waals surface area contributed by atoms with E-state index < -0.39 is 17.1 Å². The van der Waals surface area contributed by atoms with Crippen LogP contribution in [0.25, 0.3) is 11.0 Å². The summed E-state index contributed by atoms with van der Waals surface area (Å²) in [6, 6.07) is 4.13. The highest BCUT2D eigenvalue weighted by Gasteiger charge is 2.38. The Kier molecular flexibility index (Phi) is 5.00. The Morgan fingerprint density at radius 2 is 1.90 bits per heavy atom. The first-order valence-electron chi connectivity index (χ1n) is 11.1. The predicted molar refractivity (Wildman–Crippen MR) is 116 cm³/mol. The molecule has 1 aliphatic carbocycles. The number of rotatable bonds is 0. The van der Waals surface area contributed by atoms with Crippen LogP contribution in [0.3, 0.4) is 0 Å². The average Bonchev–Trinajstić information content (AvgIpc) is 3.38. The zero-order valence-electron chi connectivity index (χ0n) is 17.5. The highest BCUT2D eigenvalue weighted by Crippen LogP contribution is 2.41. The van der Waals surface area contributed by atoms with Crippen molar-refractivity contribution in [1.82, 2.24) is 24.6 Å². The minimum atomic E-state index is -0.728. The fourth-order valence-corrected chi connectivity index (χ4v) is 5.15. The largest absolute Gasteiger partial charge is 0.503 e. The smallest absolute Gasteiger partial charge is 0.275 e. The van der Waals surface area contributed by atoms with Gasteiger partial charge in [0.1, 0.15) is 5.65 Å². The molecule has 0 radical (unpaired) electrons. The van der Waals surface area contributed by atoms with Crippen LogP contribution in [0.2, 0.25) is 0 Å². The molecule has 8 nitrogen and oxygen atoms in total. The van der Waals surface area contributed by atoms with Gasteiger partial charge in [0.2, 0.25) is 0 Å². The summed E-state index contributed by atoms with van der Waals surface area (Å²) in [6.07, 6.45) is 13.3. The molecule has 3 aromatic rings. The van der Waals surface area contributed by atoms with Crippen LogP contribution in [0.5, 0.6) is 5.75 Å². The first-order valence-corrected chi connectivity index (χ1v) is 11.1. The SMILES string of the molecule is O=C1NCCCCCc2cn(c3ncccc23)C2(CCCC2)Cn2cc(O)c(=O)c1n2. The number of amides is 1. The van der Waals surface area contributed by atoms with Gasteiger partial charge < -0.3 is 15.0 Å². The Balaban J connectivity index is 1.68. The van der Waals surface area contributed by atoms with Gasteiger partial charge in [0.25, 0.3) is 11.3 Å². The van der Waals surface area contributed by atoms with Gasteiger partial charge in [-0.05, 0) is 49.8 Å². The quantitative estimate of drug-likeness (QED) is 0.581. The van der Waals surface area contributed by atoms with Gasteiger partial charge in [-0.2, -0.15) is 5.10 Å². The Labute approximate surface area is 179 Å². The molecule has 5 rings (SSSR count). The van der Waals surface area contributed by atoms with E-state index >= 15 is 0 Å². The molecule has 1 fully saturated rings. The van der Waals surface area contributed by atoms with Gasteiger partial charge in [0.05, 0.1) is 18.3 Å². The molecule has 2 aliphatic rings. The van der Waals surface area contributed by atoms with Crippen LogP contribution in [0.4, 0.5) is 0 Å². The van der Waals surface area contributed by atoms with E-state index in [1.54, 1.807) is 4.68 Å². The molecule has 1 aliphatic heterocycles. The predicted octanol–water partition coefficient (Wildman–Crippen LogP) is 2.72. The number of carbonyl (C=O) groups is 1. The average molecular weight is 422 g/mol. The lowest BCUT2D eigenvalue weighted by Crippen LogP contribution is -2.38. The van der Waals surface area contributed by atoms with Crippen molar-refractivity contribution < 1.29 is 9.90 Å². The molecular formula is C23H27N5O3. The molecule has 31 heavy (non-hydrogen) atoms. The minimum Gasteiger partial charge on any atom is -0.503 e. The molecule has 0 unspecified atom stereocenters. The molecule has 1 amide bonds. The highest BCUT2D eigenvalue weighted by atomic mass is 16.3. The van der Waals surface area contributed by atoms with E-state index in [4.69, 9.17) is 4.98 Å². The van der Waals surface area contributed by atoms with Gasteiger partial charge >= 0.3 is 0 Å². The summed E-state index contributed by atoms with van der Waals surface area (Å²) in [5, 5.41) is 18.6. The second-order valence-corrected chi connectivity index (χ2v) is 8.79. The summed E-state index contributed by atoms with van der Waals surface area (Å²) in [5.74, 6) is -0.978. The van der Waals surface area contributed by atoms with Crippen LogP contribution in [0.15, 0.2) is 35.5 Å². The van der Waals surface area contributed by atoms with Crippen LogP contribution in [-0.2, 0) is 18.5 Å². The summed E-state index contributed by atoms with van der Waals surface area (Å²) in [7, 11) is 0. The van der Waals surface area contributed by atoms with Crippen molar-refractivity contribution in [2.75, 3.05) is 6.54 Å². The maximum atomic E-state index is 12.6. The first-order chi connectivity index (χ1) is 15.1. The normalized spacial score (nSPS) is 19.2. The number of aromatic hydroxyl groups is 1. The number of fused-ring (bicyclic) bond motifs is 8. The van der Waals surface area contributed by atoms with Crippen molar-refractivity contribution in [2.24, 2.45) is 0 Å². The molecule has 1 spiro atoms. The van der Waals surface area contributed by atoms with Gasteiger partial charge in [-0.3, -0.25) is 14.3 Å². The lowest BCUT2D eigenvalue weighted by Gasteiger charge is -2.32. The van der Waals surface area contributed by atoms with E-state index in [1.165, 1.54) is 17.1 Å². The van der Waals surface area contributed by atoms with Crippen LogP contribution in [-0.4, -0.2) is 36.9 Å². The molecule has 0 atom stereocenters. The summed E-state index contributed by atoms with van der Waals surface area (Å²) in [6.45, 7) is 0.934. The lowest BCUT2D eigenvalue weighted by atomic mass is 9.97. The number of hydrogen-bond donors (Lipinski definition) is 2. The van der Waals surface area contributed by atoms with Crippen molar-refractivity contribution in [3.8, 4) is 5.75 Å². The number of nitrogens with one attached hydrogen (secondary N) is 1. The zero-order chi connectivity index (χ0) is 21.4. The monoisotopic (exact) mass is 421 g/mol. The third kappa shape index (κ3) is 3.49. The van der Waals surface area contributed by atoms with E-state index in [0.29, 0.717) is 13.1 Å². The van der Waals surface area contributed by atoms with Crippen molar-refractivity contribution in [1.29, 1.82) is 0 Å². The number of aromatic nitrogens is 4. The van der Waals surface area contributed by atoms with Crippen LogP contribution in [0.1, 0.15) is 61.0 Å². The number of aryl methyl sites for hydroxylation is 1. The van der Waals surface area contributed by atoms with Gasteiger partial charge in [0, 0.05) is 24.3 Å². The fourth-order valence-electron chi connectivity index (χ4n) is 5.15.